The number of aliphatic carboxylic acids is 1. The van der Waals surface area contributed by atoms with Gasteiger partial charge in [0.2, 0.25) is 0 Å². The van der Waals surface area contributed by atoms with E-state index >= 15 is 0 Å². The molecule has 0 aromatic heterocycles. The molecule has 0 aromatic rings. The second-order valence-corrected chi connectivity index (χ2v) is 6.15. The molecule has 5 heteroatoms. The van der Waals surface area contributed by atoms with Crippen LogP contribution in [0.5, 0.6) is 0 Å². The molecule has 0 amide bonds. The van der Waals surface area contributed by atoms with Crippen molar-refractivity contribution in [2.45, 2.75) is 77.6 Å². The van der Waals surface area contributed by atoms with Crippen LogP contribution in [0.3, 0.4) is 0 Å². The number of carbonyl (C=O) groups excluding carboxylic acids is 1. The number of rotatable bonds is 16. The summed E-state index contributed by atoms with van der Waals surface area (Å²) in [5.41, 5.74) is 0. The molecule has 0 bridgehead atoms. The Bertz CT molecular complexity index is 355. The van der Waals surface area contributed by atoms with Crippen LogP contribution in [0.25, 0.3) is 0 Å². The Labute approximate surface area is 147 Å². The maximum atomic E-state index is 11.2. The summed E-state index contributed by atoms with van der Waals surface area (Å²) in [5, 5.41) is 8.79. The van der Waals surface area contributed by atoms with Gasteiger partial charge < -0.3 is 14.7 Å². The fourth-order valence-electron chi connectivity index (χ4n) is 2.46. The number of allylic oxidation sites excluding steroid dienone is 1. The van der Waals surface area contributed by atoms with Gasteiger partial charge in [0, 0.05) is 13.1 Å². The molecule has 24 heavy (non-hydrogen) atoms. The van der Waals surface area contributed by atoms with Gasteiger partial charge >= 0.3 is 11.9 Å². The molecule has 0 spiro atoms. The highest BCUT2D eigenvalue weighted by atomic mass is 16.5. The van der Waals surface area contributed by atoms with Gasteiger partial charge in [-0.1, -0.05) is 57.9 Å². The molecule has 0 atom stereocenters. The van der Waals surface area contributed by atoms with Crippen LogP contribution < -0.4 is 0 Å². The lowest BCUT2D eigenvalue weighted by Crippen LogP contribution is -2.24. The predicted molar refractivity (Wildman–Crippen MR) is 96.8 cm³/mol. The fourth-order valence-corrected chi connectivity index (χ4v) is 2.46. The summed E-state index contributed by atoms with van der Waals surface area (Å²) in [7, 11) is 1.36. The Morgan fingerprint density at radius 2 is 1.54 bits per heavy atom. The molecule has 0 saturated carbocycles. The molecule has 140 valence electrons. The Kier molecular flexibility index (Phi) is 15.3. The molecular formula is C19H35NO4. The molecular weight excluding hydrogens is 306 g/mol. The number of carboxylic acid groups (broad SMARTS) is 1. The van der Waals surface area contributed by atoms with Gasteiger partial charge in [0.1, 0.15) is 0 Å². The summed E-state index contributed by atoms with van der Waals surface area (Å²) < 4.78 is 4.63. The van der Waals surface area contributed by atoms with Crippen molar-refractivity contribution in [2.24, 2.45) is 0 Å². The van der Waals surface area contributed by atoms with Gasteiger partial charge in [-0.05, 0) is 19.0 Å². The first-order valence-corrected chi connectivity index (χ1v) is 9.29. The highest BCUT2D eigenvalue weighted by Gasteiger charge is 2.06. The van der Waals surface area contributed by atoms with Gasteiger partial charge in [-0.15, -0.1) is 0 Å². The van der Waals surface area contributed by atoms with Gasteiger partial charge in [-0.25, -0.2) is 0 Å². The van der Waals surface area contributed by atoms with Crippen LogP contribution >= 0.6 is 0 Å². The molecule has 0 radical (unpaired) electrons. The van der Waals surface area contributed by atoms with Gasteiger partial charge in [0.15, 0.2) is 0 Å². The van der Waals surface area contributed by atoms with Crippen LogP contribution in [0.1, 0.15) is 77.6 Å². The molecule has 0 aromatic carbocycles. The second-order valence-electron chi connectivity index (χ2n) is 6.15. The van der Waals surface area contributed by atoms with Gasteiger partial charge in [-0.2, -0.15) is 0 Å². The third-order valence-corrected chi connectivity index (χ3v) is 3.98. The van der Waals surface area contributed by atoms with E-state index < -0.39 is 5.97 Å². The zero-order valence-corrected chi connectivity index (χ0v) is 15.5. The van der Waals surface area contributed by atoms with Crippen molar-refractivity contribution in [1.82, 2.24) is 4.90 Å². The van der Waals surface area contributed by atoms with Crippen LogP contribution in [0.15, 0.2) is 12.3 Å². The van der Waals surface area contributed by atoms with E-state index in [1.807, 2.05) is 11.1 Å². The summed E-state index contributed by atoms with van der Waals surface area (Å²) >= 11 is 0. The van der Waals surface area contributed by atoms with E-state index in [9.17, 15) is 9.59 Å². The van der Waals surface area contributed by atoms with E-state index in [0.29, 0.717) is 13.1 Å². The number of carbonyl (C=O) groups is 2. The number of hydrogen-bond acceptors (Lipinski definition) is 4. The maximum Gasteiger partial charge on any atom is 0.307 e. The molecule has 0 saturated heterocycles. The van der Waals surface area contributed by atoms with Crippen molar-refractivity contribution >= 4 is 11.9 Å². The van der Waals surface area contributed by atoms with Crippen molar-refractivity contribution < 1.29 is 19.4 Å². The Morgan fingerprint density at radius 3 is 2.12 bits per heavy atom. The van der Waals surface area contributed by atoms with Crippen LogP contribution in [0.4, 0.5) is 0 Å². The van der Waals surface area contributed by atoms with Crippen molar-refractivity contribution in [2.75, 3.05) is 20.2 Å². The van der Waals surface area contributed by atoms with Crippen molar-refractivity contribution in [1.29, 1.82) is 0 Å². The standard InChI is InChI=1S/C19H35NO4/c1-3-4-5-6-7-8-9-10-11-12-15-20(16-13-18(21)22)17-14-19(23)24-2/h12,15H,3-11,13-14,16-17H2,1-2H3,(H,21,22). The largest absolute Gasteiger partial charge is 0.481 e. The third-order valence-electron chi connectivity index (χ3n) is 3.98. The number of esters is 1. The highest BCUT2D eigenvalue weighted by Crippen LogP contribution is 2.10. The monoisotopic (exact) mass is 341 g/mol. The average molecular weight is 341 g/mol. The first kappa shape index (κ1) is 22.5. The van der Waals surface area contributed by atoms with Crippen LogP contribution in [0, 0.1) is 0 Å². The van der Waals surface area contributed by atoms with E-state index in [4.69, 9.17) is 5.11 Å². The smallest absolute Gasteiger partial charge is 0.307 e. The van der Waals surface area contributed by atoms with Gasteiger partial charge in [0.05, 0.1) is 20.0 Å². The quantitative estimate of drug-likeness (QED) is 0.333. The topological polar surface area (TPSA) is 66.8 Å². The second kappa shape index (κ2) is 16.3. The lowest BCUT2D eigenvalue weighted by Gasteiger charge is -2.18. The van der Waals surface area contributed by atoms with E-state index in [0.717, 1.165) is 12.8 Å². The summed E-state index contributed by atoms with van der Waals surface area (Å²) in [4.78, 5) is 23.8. The molecule has 0 fully saturated rings. The van der Waals surface area contributed by atoms with Gasteiger partial charge in [-0.3, -0.25) is 9.59 Å². The first-order chi connectivity index (χ1) is 11.6. The van der Waals surface area contributed by atoms with E-state index in [2.05, 4.69) is 17.7 Å². The minimum Gasteiger partial charge on any atom is -0.481 e. The van der Waals surface area contributed by atoms with E-state index in [-0.39, 0.29) is 18.8 Å². The molecule has 0 aliphatic rings. The number of carboxylic acids is 1. The highest BCUT2D eigenvalue weighted by molar-refractivity contribution is 5.69. The number of methoxy groups -OCH3 is 1. The first-order valence-electron chi connectivity index (χ1n) is 9.29. The summed E-state index contributed by atoms with van der Waals surface area (Å²) in [6.45, 7) is 3.14. The third kappa shape index (κ3) is 15.4. The van der Waals surface area contributed by atoms with E-state index in [1.165, 1.54) is 52.1 Å². The van der Waals surface area contributed by atoms with Crippen LogP contribution in [-0.2, 0) is 14.3 Å². The Hall–Kier alpha value is -1.52. The molecule has 0 rings (SSSR count). The molecule has 0 aliphatic carbocycles. The zero-order chi connectivity index (χ0) is 18.0. The molecule has 0 aliphatic heterocycles. The van der Waals surface area contributed by atoms with Gasteiger partial charge in [0.25, 0.3) is 0 Å². The Morgan fingerprint density at radius 1 is 0.958 bits per heavy atom. The lowest BCUT2D eigenvalue weighted by atomic mass is 10.1. The molecule has 0 unspecified atom stereocenters. The lowest BCUT2D eigenvalue weighted by molar-refractivity contribution is -0.140. The zero-order valence-electron chi connectivity index (χ0n) is 15.5. The Balaban J connectivity index is 3.85. The van der Waals surface area contributed by atoms with E-state index in [1.54, 1.807) is 0 Å². The van der Waals surface area contributed by atoms with Crippen LogP contribution in [0.2, 0.25) is 0 Å². The van der Waals surface area contributed by atoms with Crippen LogP contribution in [-0.4, -0.2) is 42.1 Å². The minimum atomic E-state index is -0.824. The number of unbranched alkanes of at least 4 members (excludes halogenated alkanes) is 8. The summed E-state index contributed by atoms with van der Waals surface area (Å²) in [6.07, 6.45) is 15.7. The minimum absolute atomic E-state index is 0.0727. The van der Waals surface area contributed by atoms with Crippen molar-refractivity contribution in [3.05, 3.63) is 12.3 Å². The fraction of sp³-hybridized carbons (Fsp3) is 0.789. The maximum absolute atomic E-state index is 11.2. The number of ether oxygens (including phenoxy) is 1. The number of hydrogen-bond donors (Lipinski definition) is 1. The average Bonchev–Trinajstić information content (AvgIpc) is 2.57. The summed E-state index contributed by atoms with van der Waals surface area (Å²) in [6, 6.07) is 0. The molecule has 5 nitrogen and oxygen atoms in total. The normalized spacial score (nSPS) is 10.9. The molecule has 0 heterocycles. The van der Waals surface area contributed by atoms with Crippen molar-refractivity contribution in [3.8, 4) is 0 Å². The number of nitrogens with zero attached hydrogens (tertiary/aromatic N) is 1. The van der Waals surface area contributed by atoms with Crippen molar-refractivity contribution in [3.63, 3.8) is 0 Å². The predicted octanol–water partition coefficient (Wildman–Crippen LogP) is 4.37. The summed E-state index contributed by atoms with van der Waals surface area (Å²) in [5.74, 6) is -1.10. The SMILES string of the molecule is CCCCCCCCCCC=CN(CCC(=O)O)CCC(=O)OC. The molecule has 1 N–H and O–H groups in total.